The van der Waals surface area contributed by atoms with Crippen molar-refractivity contribution in [2.45, 2.75) is 104 Å². The number of unbranched alkanes of at least 4 members (excludes halogenated alkanes) is 13. The average molecular weight is 367 g/mol. The van der Waals surface area contributed by atoms with E-state index in [1.54, 1.807) is 6.92 Å². The van der Waals surface area contributed by atoms with Gasteiger partial charge in [-0.15, -0.1) is 0 Å². The highest BCUT2D eigenvalue weighted by atomic mass is 17.2. The van der Waals surface area contributed by atoms with E-state index < -0.39 is 11.9 Å². The van der Waals surface area contributed by atoms with Crippen LogP contribution < -0.4 is 0 Å². The fraction of sp³-hybridized carbons (Fsp3) is 0.727. The molecule has 0 amide bonds. The van der Waals surface area contributed by atoms with E-state index in [1.807, 2.05) is 6.08 Å². The lowest BCUT2D eigenvalue weighted by molar-refractivity contribution is -0.251. The monoisotopic (exact) mass is 366 g/mol. The van der Waals surface area contributed by atoms with Crippen LogP contribution in [-0.4, -0.2) is 11.9 Å². The molecule has 0 bridgehead atoms. The Kier molecular flexibility index (Phi) is 17.1. The fourth-order valence-electron chi connectivity index (χ4n) is 2.74. The normalized spacial score (nSPS) is 11.2. The molecule has 0 atom stereocenters. The number of allylic oxidation sites excluding steroid dienone is 1. The van der Waals surface area contributed by atoms with Crippen molar-refractivity contribution in [2.24, 2.45) is 0 Å². The summed E-state index contributed by atoms with van der Waals surface area (Å²) < 4.78 is 0. The third-order valence-electron chi connectivity index (χ3n) is 4.45. The highest BCUT2D eigenvalue weighted by molar-refractivity contribution is 5.88. The maximum absolute atomic E-state index is 11.5. The first-order valence-electron chi connectivity index (χ1n) is 10.3. The van der Waals surface area contributed by atoms with E-state index in [1.165, 1.54) is 77.0 Å². The first-order valence-corrected chi connectivity index (χ1v) is 10.3. The molecule has 0 radical (unpaired) electrons. The molecule has 4 heteroatoms. The SMILES string of the molecule is C=CC(=O)OOC(=O)/C(C)=C/CCCCCCCCCCCCCCC. The van der Waals surface area contributed by atoms with Gasteiger partial charge in [0.05, 0.1) is 0 Å². The summed E-state index contributed by atoms with van der Waals surface area (Å²) in [6.45, 7) is 7.14. The molecule has 0 rings (SSSR count). The summed E-state index contributed by atoms with van der Waals surface area (Å²) in [6.07, 6.45) is 20.8. The maximum Gasteiger partial charge on any atom is 0.381 e. The van der Waals surface area contributed by atoms with Crippen molar-refractivity contribution < 1.29 is 19.4 Å². The Morgan fingerprint density at radius 2 is 1.23 bits per heavy atom. The van der Waals surface area contributed by atoms with Gasteiger partial charge in [0.25, 0.3) is 0 Å². The van der Waals surface area contributed by atoms with Gasteiger partial charge in [-0.05, 0) is 19.8 Å². The largest absolute Gasteiger partial charge is 0.381 e. The number of carbonyl (C=O) groups is 2. The van der Waals surface area contributed by atoms with Crippen molar-refractivity contribution in [3.63, 3.8) is 0 Å². The molecule has 0 aliphatic heterocycles. The molecular weight excluding hydrogens is 328 g/mol. The Morgan fingerprint density at radius 3 is 1.69 bits per heavy atom. The van der Waals surface area contributed by atoms with E-state index in [4.69, 9.17) is 0 Å². The van der Waals surface area contributed by atoms with Gasteiger partial charge in [0.15, 0.2) is 0 Å². The first-order chi connectivity index (χ1) is 12.6. The van der Waals surface area contributed by atoms with E-state index in [2.05, 4.69) is 23.3 Å². The van der Waals surface area contributed by atoms with Crippen LogP contribution >= 0.6 is 0 Å². The zero-order chi connectivity index (χ0) is 19.5. The molecule has 4 nitrogen and oxygen atoms in total. The summed E-state index contributed by atoms with van der Waals surface area (Å²) in [4.78, 5) is 31.0. The molecule has 150 valence electrons. The molecule has 0 saturated heterocycles. The number of carbonyl (C=O) groups excluding carboxylic acids is 2. The van der Waals surface area contributed by atoms with Gasteiger partial charge in [-0.2, -0.15) is 0 Å². The Balaban J connectivity index is 3.42. The highest BCUT2D eigenvalue weighted by Crippen LogP contribution is 2.13. The van der Waals surface area contributed by atoms with Crippen molar-refractivity contribution in [3.8, 4) is 0 Å². The predicted octanol–water partition coefficient (Wildman–Crippen LogP) is 6.60. The smallest absolute Gasteiger partial charge is 0.242 e. The molecule has 0 N–H and O–H groups in total. The molecule has 26 heavy (non-hydrogen) atoms. The van der Waals surface area contributed by atoms with Crippen LogP contribution in [0.2, 0.25) is 0 Å². The van der Waals surface area contributed by atoms with Crippen molar-refractivity contribution in [1.82, 2.24) is 0 Å². The van der Waals surface area contributed by atoms with Gasteiger partial charge in [0.1, 0.15) is 0 Å². The molecule has 0 fully saturated rings. The van der Waals surface area contributed by atoms with Crippen molar-refractivity contribution in [2.75, 3.05) is 0 Å². The van der Waals surface area contributed by atoms with Crippen LogP contribution in [-0.2, 0) is 19.4 Å². The molecular formula is C22H38O4. The topological polar surface area (TPSA) is 52.6 Å². The van der Waals surface area contributed by atoms with Gasteiger partial charge >= 0.3 is 11.9 Å². The maximum atomic E-state index is 11.5. The Morgan fingerprint density at radius 1 is 0.769 bits per heavy atom. The van der Waals surface area contributed by atoms with E-state index in [0.29, 0.717) is 5.57 Å². The molecule has 0 aromatic carbocycles. The summed E-state index contributed by atoms with van der Waals surface area (Å²) >= 11 is 0. The number of hydrogen-bond acceptors (Lipinski definition) is 4. The number of hydrogen-bond donors (Lipinski definition) is 0. The van der Waals surface area contributed by atoms with Crippen LogP contribution in [0.1, 0.15) is 104 Å². The minimum Gasteiger partial charge on any atom is -0.242 e. The Hall–Kier alpha value is -1.58. The summed E-state index contributed by atoms with van der Waals surface area (Å²) in [5.74, 6) is -1.41. The molecule has 0 spiro atoms. The van der Waals surface area contributed by atoms with Crippen LogP contribution in [0.4, 0.5) is 0 Å². The van der Waals surface area contributed by atoms with E-state index in [-0.39, 0.29) is 0 Å². The molecule has 0 aliphatic carbocycles. The van der Waals surface area contributed by atoms with Gasteiger partial charge in [0, 0.05) is 11.6 Å². The third-order valence-corrected chi connectivity index (χ3v) is 4.45. The second-order valence-electron chi connectivity index (χ2n) is 6.90. The zero-order valence-corrected chi connectivity index (χ0v) is 16.9. The van der Waals surface area contributed by atoms with Gasteiger partial charge in [-0.25, -0.2) is 19.4 Å². The molecule has 0 aliphatic rings. The third kappa shape index (κ3) is 15.9. The second kappa shape index (κ2) is 18.2. The predicted molar refractivity (Wildman–Crippen MR) is 106 cm³/mol. The van der Waals surface area contributed by atoms with E-state index in [9.17, 15) is 9.59 Å². The number of rotatable bonds is 16. The van der Waals surface area contributed by atoms with Crippen LogP contribution in [0, 0.1) is 0 Å². The van der Waals surface area contributed by atoms with E-state index >= 15 is 0 Å². The molecule has 0 saturated carbocycles. The van der Waals surface area contributed by atoms with E-state index in [0.717, 1.165) is 18.9 Å². The van der Waals surface area contributed by atoms with Gasteiger partial charge < -0.3 is 0 Å². The standard InChI is InChI=1S/C22H38O4/c1-4-6-7-8-9-10-11-12-13-14-15-16-17-18-19-20(3)22(24)26-25-21(23)5-2/h5,19H,2,4,6-18H2,1,3H3/b20-19+. The Bertz CT molecular complexity index is 412. The zero-order valence-electron chi connectivity index (χ0n) is 16.9. The molecule has 0 aromatic heterocycles. The lowest BCUT2D eigenvalue weighted by Crippen LogP contribution is -2.10. The van der Waals surface area contributed by atoms with Crippen LogP contribution in [0.5, 0.6) is 0 Å². The van der Waals surface area contributed by atoms with Gasteiger partial charge in [-0.3, -0.25) is 0 Å². The quantitative estimate of drug-likeness (QED) is 0.134. The second-order valence-corrected chi connectivity index (χ2v) is 6.90. The van der Waals surface area contributed by atoms with Gasteiger partial charge in [0.2, 0.25) is 0 Å². The highest BCUT2D eigenvalue weighted by Gasteiger charge is 2.08. The summed E-state index contributed by atoms with van der Waals surface area (Å²) in [5, 5.41) is 0. The molecule has 0 heterocycles. The average Bonchev–Trinajstić information content (AvgIpc) is 2.65. The van der Waals surface area contributed by atoms with Crippen LogP contribution in [0.15, 0.2) is 24.3 Å². The summed E-state index contributed by atoms with van der Waals surface area (Å²) in [7, 11) is 0. The lowest BCUT2D eigenvalue weighted by atomic mass is 10.0. The minimum absolute atomic E-state index is 0.459. The van der Waals surface area contributed by atoms with Crippen molar-refractivity contribution >= 4 is 11.9 Å². The first kappa shape index (κ1) is 24.4. The van der Waals surface area contributed by atoms with Gasteiger partial charge in [-0.1, -0.05) is 96.6 Å². The lowest BCUT2D eigenvalue weighted by Gasteiger charge is -2.03. The fourth-order valence-corrected chi connectivity index (χ4v) is 2.74. The van der Waals surface area contributed by atoms with Crippen molar-refractivity contribution in [3.05, 3.63) is 24.3 Å². The molecule has 0 unspecified atom stereocenters. The summed E-state index contributed by atoms with van der Waals surface area (Å²) in [5.41, 5.74) is 0.459. The van der Waals surface area contributed by atoms with Crippen LogP contribution in [0.3, 0.4) is 0 Å². The van der Waals surface area contributed by atoms with Crippen molar-refractivity contribution in [1.29, 1.82) is 0 Å². The summed E-state index contributed by atoms with van der Waals surface area (Å²) in [6, 6.07) is 0. The minimum atomic E-state index is -0.775. The van der Waals surface area contributed by atoms with Crippen LogP contribution in [0.25, 0.3) is 0 Å². The molecule has 0 aromatic rings. The Labute approximate surface area is 160 Å².